The zero-order chi connectivity index (χ0) is 21.3. The maximum atomic E-state index is 12.2. The van der Waals surface area contributed by atoms with Crippen molar-refractivity contribution in [3.8, 4) is 0 Å². The van der Waals surface area contributed by atoms with E-state index in [1.807, 2.05) is 48.5 Å². The van der Waals surface area contributed by atoms with Gasteiger partial charge in [-0.15, -0.1) is 11.8 Å². The van der Waals surface area contributed by atoms with Gasteiger partial charge in [0.15, 0.2) is 0 Å². The maximum absolute atomic E-state index is 12.2. The van der Waals surface area contributed by atoms with E-state index in [9.17, 15) is 9.59 Å². The lowest BCUT2D eigenvalue weighted by Gasteiger charge is -2.08. The number of carbonyl (C=O) groups excluding carboxylic acids is 2. The Bertz CT molecular complexity index is 1050. The van der Waals surface area contributed by atoms with Gasteiger partial charge in [0.05, 0.1) is 5.75 Å². The molecular weight excluding hydrogens is 439 g/mol. The summed E-state index contributed by atoms with van der Waals surface area (Å²) < 4.78 is 0. The molecule has 0 heterocycles. The third-order valence-corrected chi connectivity index (χ3v) is 5.27. The number of carbonyl (C=O) groups is 2. The number of nitrogens with one attached hydrogen (secondary N) is 2. The number of benzene rings is 3. The largest absolute Gasteiger partial charge is 0.325 e. The highest BCUT2D eigenvalue weighted by Crippen LogP contribution is 2.24. The molecule has 0 aliphatic rings. The van der Waals surface area contributed by atoms with Crippen LogP contribution in [0.1, 0.15) is 5.56 Å². The van der Waals surface area contributed by atoms with Crippen molar-refractivity contribution >= 4 is 64.2 Å². The summed E-state index contributed by atoms with van der Waals surface area (Å²) in [7, 11) is 0. The smallest absolute Gasteiger partial charge is 0.248 e. The third-order valence-electron chi connectivity index (χ3n) is 3.84. The molecule has 0 saturated heterocycles. The van der Waals surface area contributed by atoms with E-state index in [1.165, 1.54) is 17.8 Å². The first-order valence-electron chi connectivity index (χ1n) is 9.01. The van der Waals surface area contributed by atoms with Gasteiger partial charge in [-0.3, -0.25) is 9.59 Å². The first-order valence-corrected chi connectivity index (χ1v) is 10.7. The fourth-order valence-corrected chi connectivity index (χ4v) is 3.84. The Morgan fingerprint density at radius 1 is 0.833 bits per heavy atom. The zero-order valence-corrected chi connectivity index (χ0v) is 18.1. The summed E-state index contributed by atoms with van der Waals surface area (Å²) in [5, 5.41) is 6.50. The van der Waals surface area contributed by atoms with E-state index in [0.29, 0.717) is 21.4 Å². The van der Waals surface area contributed by atoms with E-state index in [-0.39, 0.29) is 17.6 Å². The number of hydrogen-bond acceptors (Lipinski definition) is 3. The van der Waals surface area contributed by atoms with Crippen molar-refractivity contribution in [2.75, 3.05) is 16.4 Å². The molecule has 2 amide bonds. The van der Waals surface area contributed by atoms with Crippen LogP contribution in [0.4, 0.5) is 11.4 Å². The Labute approximate surface area is 189 Å². The second-order valence-electron chi connectivity index (χ2n) is 6.26. The average molecular weight is 457 g/mol. The van der Waals surface area contributed by atoms with Gasteiger partial charge in [-0.25, -0.2) is 0 Å². The molecular formula is C23H18Cl2N2O2S. The zero-order valence-electron chi connectivity index (χ0n) is 15.8. The summed E-state index contributed by atoms with van der Waals surface area (Å²) in [4.78, 5) is 25.2. The SMILES string of the molecule is O=C(/C=C/c1ccccc1)Nc1cccc(SCC(=O)Nc2cc(Cl)cc(Cl)c2)c1. The first kappa shape index (κ1) is 22.0. The molecule has 0 fully saturated rings. The molecule has 0 radical (unpaired) electrons. The number of hydrogen-bond donors (Lipinski definition) is 2. The summed E-state index contributed by atoms with van der Waals surface area (Å²) in [6, 6.07) is 21.8. The van der Waals surface area contributed by atoms with E-state index in [1.54, 1.807) is 30.3 Å². The average Bonchev–Trinajstić information content (AvgIpc) is 2.71. The highest BCUT2D eigenvalue weighted by molar-refractivity contribution is 8.00. The Kier molecular flexibility index (Phi) is 7.97. The van der Waals surface area contributed by atoms with Gasteiger partial charge in [-0.05, 0) is 48.0 Å². The van der Waals surface area contributed by atoms with E-state index in [0.717, 1.165) is 10.5 Å². The number of anilines is 2. The molecule has 0 aliphatic carbocycles. The molecule has 152 valence electrons. The standard InChI is InChI=1S/C23H18Cl2N2O2S/c24-17-11-18(25)13-20(12-17)27-23(29)15-30-21-8-4-7-19(14-21)26-22(28)10-9-16-5-2-1-3-6-16/h1-14H,15H2,(H,26,28)(H,27,29)/b10-9+. The Morgan fingerprint density at radius 2 is 1.57 bits per heavy atom. The predicted octanol–water partition coefficient (Wildman–Crippen LogP) is 6.38. The summed E-state index contributed by atoms with van der Waals surface area (Å²) >= 11 is 13.2. The fourth-order valence-electron chi connectivity index (χ4n) is 2.56. The lowest BCUT2D eigenvalue weighted by molar-refractivity contribution is -0.114. The van der Waals surface area contributed by atoms with Gasteiger partial charge < -0.3 is 10.6 Å². The number of rotatable bonds is 7. The Morgan fingerprint density at radius 3 is 2.30 bits per heavy atom. The van der Waals surface area contributed by atoms with E-state index < -0.39 is 0 Å². The van der Waals surface area contributed by atoms with Crippen LogP contribution < -0.4 is 10.6 Å². The van der Waals surface area contributed by atoms with Crippen molar-refractivity contribution in [3.05, 3.63) is 94.5 Å². The van der Waals surface area contributed by atoms with Gasteiger partial charge in [0.25, 0.3) is 0 Å². The minimum absolute atomic E-state index is 0.182. The molecule has 0 unspecified atom stereocenters. The molecule has 3 rings (SSSR count). The molecule has 4 nitrogen and oxygen atoms in total. The second-order valence-corrected chi connectivity index (χ2v) is 8.18. The van der Waals surface area contributed by atoms with Crippen molar-refractivity contribution in [2.24, 2.45) is 0 Å². The molecule has 0 bridgehead atoms. The van der Waals surface area contributed by atoms with Crippen molar-refractivity contribution in [3.63, 3.8) is 0 Å². The van der Waals surface area contributed by atoms with Crippen LogP contribution in [0, 0.1) is 0 Å². The van der Waals surface area contributed by atoms with Crippen molar-refractivity contribution in [2.45, 2.75) is 4.90 Å². The second kappa shape index (κ2) is 10.9. The maximum Gasteiger partial charge on any atom is 0.248 e. The highest BCUT2D eigenvalue weighted by atomic mass is 35.5. The number of thioether (sulfide) groups is 1. The molecule has 7 heteroatoms. The molecule has 0 spiro atoms. The van der Waals surface area contributed by atoms with Gasteiger partial charge in [-0.2, -0.15) is 0 Å². The predicted molar refractivity (Wildman–Crippen MR) is 126 cm³/mol. The first-order chi connectivity index (χ1) is 14.5. The molecule has 3 aromatic carbocycles. The third kappa shape index (κ3) is 7.26. The minimum Gasteiger partial charge on any atom is -0.325 e. The summed E-state index contributed by atoms with van der Waals surface area (Å²) in [5.74, 6) is -0.203. The van der Waals surface area contributed by atoms with Crippen LogP contribution in [0.25, 0.3) is 6.08 Å². The highest BCUT2D eigenvalue weighted by Gasteiger charge is 2.07. The van der Waals surface area contributed by atoms with Gasteiger partial charge >= 0.3 is 0 Å². The van der Waals surface area contributed by atoms with Crippen LogP contribution in [-0.2, 0) is 9.59 Å². The van der Waals surface area contributed by atoms with Gasteiger partial charge in [0, 0.05) is 32.4 Å². The molecule has 0 saturated carbocycles. The van der Waals surface area contributed by atoms with E-state index >= 15 is 0 Å². The van der Waals surface area contributed by atoms with Crippen LogP contribution in [0.5, 0.6) is 0 Å². The monoisotopic (exact) mass is 456 g/mol. The number of halogens is 2. The van der Waals surface area contributed by atoms with Gasteiger partial charge in [0.2, 0.25) is 11.8 Å². The Hall–Kier alpha value is -2.73. The van der Waals surface area contributed by atoms with Gasteiger partial charge in [0.1, 0.15) is 0 Å². The molecule has 2 N–H and O–H groups in total. The molecule has 0 aliphatic heterocycles. The van der Waals surface area contributed by atoms with Crippen LogP contribution in [0.15, 0.2) is 83.8 Å². The summed E-state index contributed by atoms with van der Waals surface area (Å²) in [5.41, 5.74) is 2.15. The van der Waals surface area contributed by atoms with Gasteiger partial charge in [-0.1, -0.05) is 59.6 Å². The summed E-state index contributed by atoms with van der Waals surface area (Å²) in [6.45, 7) is 0. The quantitative estimate of drug-likeness (QED) is 0.320. The molecule has 0 atom stereocenters. The topological polar surface area (TPSA) is 58.2 Å². The van der Waals surface area contributed by atoms with Crippen LogP contribution in [0.2, 0.25) is 10.0 Å². The fraction of sp³-hybridized carbons (Fsp3) is 0.0435. The van der Waals surface area contributed by atoms with Crippen LogP contribution in [0.3, 0.4) is 0 Å². The number of amides is 2. The Balaban J connectivity index is 1.53. The molecule has 0 aromatic heterocycles. The lowest BCUT2D eigenvalue weighted by Crippen LogP contribution is -2.14. The van der Waals surface area contributed by atoms with Crippen molar-refractivity contribution < 1.29 is 9.59 Å². The summed E-state index contributed by atoms with van der Waals surface area (Å²) in [6.07, 6.45) is 3.24. The van der Waals surface area contributed by atoms with Crippen molar-refractivity contribution in [1.29, 1.82) is 0 Å². The van der Waals surface area contributed by atoms with E-state index in [4.69, 9.17) is 23.2 Å². The lowest BCUT2D eigenvalue weighted by atomic mass is 10.2. The molecule has 30 heavy (non-hydrogen) atoms. The normalized spacial score (nSPS) is 10.7. The minimum atomic E-state index is -0.225. The van der Waals surface area contributed by atoms with Crippen LogP contribution >= 0.6 is 35.0 Å². The molecule has 3 aromatic rings. The van der Waals surface area contributed by atoms with E-state index in [2.05, 4.69) is 10.6 Å². The van der Waals surface area contributed by atoms with Crippen LogP contribution in [-0.4, -0.2) is 17.6 Å². The van der Waals surface area contributed by atoms with Crippen molar-refractivity contribution in [1.82, 2.24) is 0 Å².